The molecule has 2 aromatic rings. The summed E-state index contributed by atoms with van der Waals surface area (Å²) in [5, 5.41) is 31.9. The zero-order valence-electron chi connectivity index (χ0n) is 13.5. The van der Waals surface area contributed by atoms with Crippen LogP contribution in [0.1, 0.15) is 11.8 Å². The van der Waals surface area contributed by atoms with Gasteiger partial charge in [-0.2, -0.15) is 4.98 Å². The van der Waals surface area contributed by atoms with Crippen molar-refractivity contribution in [2.24, 2.45) is 0 Å². The summed E-state index contributed by atoms with van der Waals surface area (Å²) >= 11 is 0. The Morgan fingerprint density at radius 3 is 2.56 bits per heavy atom. The number of hydrogen-bond acceptors (Lipinski definition) is 7. The first-order valence-corrected chi connectivity index (χ1v) is 8.09. The number of aromatic nitrogens is 2. The van der Waals surface area contributed by atoms with Crippen LogP contribution >= 0.6 is 0 Å². The molecular weight excluding hydrogens is 326 g/mol. The maximum Gasteiger partial charge on any atom is 0.351 e. The molecule has 134 valence electrons. The lowest BCUT2D eigenvalue weighted by molar-refractivity contribution is -0.0549. The summed E-state index contributed by atoms with van der Waals surface area (Å²) in [4.78, 5) is 16.1. The number of ether oxygens (including phenoxy) is 1. The SMILES string of the molecule is O=c1nc(NCCc2ccccc2)ccn1[C@H]1O[C@@H](CO)[C@@H](O)[C@@H]1O. The Labute approximate surface area is 144 Å². The third-order valence-corrected chi connectivity index (χ3v) is 4.18. The first-order chi connectivity index (χ1) is 12.1. The van der Waals surface area contributed by atoms with Crippen LogP contribution in [0.2, 0.25) is 0 Å². The highest BCUT2D eigenvalue weighted by Gasteiger charge is 2.43. The third kappa shape index (κ3) is 3.88. The highest BCUT2D eigenvalue weighted by Crippen LogP contribution is 2.28. The average molecular weight is 347 g/mol. The van der Waals surface area contributed by atoms with Crippen molar-refractivity contribution in [3.8, 4) is 0 Å². The van der Waals surface area contributed by atoms with Gasteiger partial charge in [0, 0.05) is 12.7 Å². The molecule has 1 aliphatic rings. The van der Waals surface area contributed by atoms with Crippen LogP contribution in [0.15, 0.2) is 47.4 Å². The van der Waals surface area contributed by atoms with E-state index in [4.69, 9.17) is 9.84 Å². The predicted molar refractivity (Wildman–Crippen MR) is 90.1 cm³/mol. The molecule has 4 atom stereocenters. The molecule has 0 aliphatic carbocycles. The Kier molecular flexibility index (Phi) is 5.44. The molecule has 1 aromatic heterocycles. The van der Waals surface area contributed by atoms with Crippen LogP contribution in [-0.4, -0.2) is 56.3 Å². The number of aliphatic hydroxyl groups is 3. The van der Waals surface area contributed by atoms with Gasteiger partial charge in [-0.15, -0.1) is 0 Å². The van der Waals surface area contributed by atoms with E-state index in [1.165, 1.54) is 11.8 Å². The smallest absolute Gasteiger partial charge is 0.351 e. The summed E-state index contributed by atoms with van der Waals surface area (Å²) in [7, 11) is 0. The van der Waals surface area contributed by atoms with E-state index >= 15 is 0 Å². The molecule has 3 rings (SSSR count). The lowest BCUT2D eigenvalue weighted by Gasteiger charge is -2.17. The van der Waals surface area contributed by atoms with Crippen LogP contribution in [-0.2, 0) is 11.2 Å². The van der Waals surface area contributed by atoms with Crippen molar-refractivity contribution in [3.05, 3.63) is 58.6 Å². The molecule has 0 saturated carbocycles. The summed E-state index contributed by atoms with van der Waals surface area (Å²) in [6.07, 6.45) is -2.35. The van der Waals surface area contributed by atoms with Crippen LogP contribution in [0.4, 0.5) is 5.82 Å². The van der Waals surface area contributed by atoms with Gasteiger partial charge in [-0.3, -0.25) is 4.57 Å². The fourth-order valence-corrected chi connectivity index (χ4v) is 2.79. The number of rotatable bonds is 6. The van der Waals surface area contributed by atoms with Crippen LogP contribution in [0.3, 0.4) is 0 Å². The van der Waals surface area contributed by atoms with E-state index in [-0.39, 0.29) is 0 Å². The van der Waals surface area contributed by atoms with Crippen molar-refractivity contribution in [3.63, 3.8) is 0 Å². The number of hydrogen-bond donors (Lipinski definition) is 4. The Morgan fingerprint density at radius 2 is 1.92 bits per heavy atom. The largest absolute Gasteiger partial charge is 0.394 e. The summed E-state index contributed by atoms with van der Waals surface area (Å²) < 4.78 is 6.44. The van der Waals surface area contributed by atoms with Gasteiger partial charge in [0.15, 0.2) is 6.23 Å². The van der Waals surface area contributed by atoms with E-state index in [9.17, 15) is 15.0 Å². The maximum atomic E-state index is 12.2. The zero-order valence-corrected chi connectivity index (χ0v) is 13.5. The molecule has 1 fully saturated rings. The van der Waals surface area contributed by atoms with E-state index in [1.54, 1.807) is 6.07 Å². The van der Waals surface area contributed by atoms with Gasteiger partial charge in [-0.25, -0.2) is 4.79 Å². The standard InChI is InChI=1S/C17H21N3O5/c21-10-12-14(22)15(23)16(25-12)20-9-7-13(19-17(20)24)18-8-6-11-4-2-1-3-5-11/h1-5,7,9,12,14-16,21-23H,6,8,10H2,(H,18,19,24)/t12-,14+,15-,16-/m0/s1. The lowest BCUT2D eigenvalue weighted by atomic mass is 10.1. The fraction of sp³-hybridized carbons (Fsp3) is 0.412. The first-order valence-electron chi connectivity index (χ1n) is 8.09. The first kappa shape index (κ1) is 17.6. The molecule has 2 heterocycles. The van der Waals surface area contributed by atoms with Crippen molar-refractivity contribution in [2.75, 3.05) is 18.5 Å². The molecule has 0 radical (unpaired) electrons. The van der Waals surface area contributed by atoms with Crippen molar-refractivity contribution < 1.29 is 20.1 Å². The summed E-state index contributed by atoms with van der Waals surface area (Å²) in [6, 6.07) is 11.5. The topological polar surface area (TPSA) is 117 Å². The van der Waals surface area contributed by atoms with Crippen LogP contribution in [0.25, 0.3) is 0 Å². The van der Waals surface area contributed by atoms with Gasteiger partial charge in [0.2, 0.25) is 0 Å². The minimum Gasteiger partial charge on any atom is -0.394 e. The average Bonchev–Trinajstić information content (AvgIpc) is 2.91. The molecule has 1 aliphatic heterocycles. The molecule has 0 unspecified atom stereocenters. The summed E-state index contributed by atoms with van der Waals surface area (Å²) in [5.41, 5.74) is 0.564. The molecular formula is C17H21N3O5. The van der Waals surface area contributed by atoms with Gasteiger partial charge >= 0.3 is 5.69 Å². The number of aliphatic hydroxyl groups excluding tert-OH is 3. The maximum absolute atomic E-state index is 12.2. The van der Waals surface area contributed by atoms with E-state index in [0.717, 1.165) is 11.0 Å². The van der Waals surface area contributed by atoms with E-state index in [0.29, 0.717) is 12.4 Å². The van der Waals surface area contributed by atoms with Gasteiger partial charge < -0.3 is 25.4 Å². The highest BCUT2D eigenvalue weighted by molar-refractivity contribution is 5.32. The monoisotopic (exact) mass is 347 g/mol. The molecule has 0 spiro atoms. The second kappa shape index (κ2) is 7.75. The molecule has 8 heteroatoms. The van der Waals surface area contributed by atoms with Gasteiger partial charge in [-0.05, 0) is 18.1 Å². The Balaban J connectivity index is 1.64. The van der Waals surface area contributed by atoms with Crippen molar-refractivity contribution in [1.82, 2.24) is 9.55 Å². The Hall–Kier alpha value is -2.26. The molecule has 25 heavy (non-hydrogen) atoms. The van der Waals surface area contributed by atoms with Crippen LogP contribution < -0.4 is 11.0 Å². The van der Waals surface area contributed by atoms with Gasteiger partial charge in [0.25, 0.3) is 0 Å². The molecule has 1 saturated heterocycles. The summed E-state index contributed by atoms with van der Waals surface area (Å²) in [5.74, 6) is 0.420. The van der Waals surface area contributed by atoms with E-state index in [1.807, 2.05) is 30.3 Å². The minimum atomic E-state index is -1.31. The Morgan fingerprint density at radius 1 is 1.16 bits per heavy atom. The van der Waals surface area contributed by atoms with Crippen LogP contribution in [0, 0.1) is 0 Å². The lowest BCUT2D eigenvalue weighted by Crippen LogP contribution is -2.36. The van der Waals surface area contributed by atoms with Crippen molar-refractivity contribution in [1.29, 1.82) is 0 Å². The normalized spacial score (nSPS) is 25.9. The zero-order chi connectivity index (χ0) is 17.8. The molecule has 1 aromatic carbocycles. The molecule has 0 bridgehead atoms. The summed E-state index contributed by atoms with van der Waals surface area (Å²) in [6.45, 7) is 0.171. The fourth-order valence-electron chi connectivity index (χ4n) is 2.79. The molecule has 4 N–H and O–H groups in total. The molecule has 8 nitrogen and oxygen atoms in total. The second-order valence-electron chi connectivity index (χ2n) is 5.89. The van der Waals surface area contributed by atoms with Crippen molar-refractivity contribution in [2.45, 2.75) is 31.0 Å². The number of anilines is 1. The Bertz CT molecular complexity index is 751. The minimum absolute atomic E-state index is 0.420. The van der Waals surface area contributed by atoms with Crippen LogP contribution in [0.5, 0.6) is 0 Å². The second-order valence-corrected chi connectivity index (χ2v) is 5.89. The van der Waals surface area contributed by atoms with Crippen molar-refractivity contribution >= 4 is 5.82 Å². The third-order valence-electron chi connectivity index (χ3n) is 4.18. The quantitative estimate of drug-likeness (QED) is 0.557. The van der Waals surface area contributed by atoms with Gasteiger partial charge in [0.1, 0.15) is 24.1 Å². The van der Waals surface area contributed by atoms with E-state index < -0.39 is 36.8 Å². The highest BCUT2D eigenvalue weighted by atomic mass is 16.6. The van der Waals surface area contributed by atoms with Gasteiger partial charge in [-0.1, -0.05) is 30.3 Å². The number of nitrogens with zero attached hydrogens (tertiary/aromatic N) is 2. The predicted octanol–water partition coefficient (Wildman–Crippen LogP) is -0.491. The number of benzene rings is 1. The van der Waals surface area contributed by atoms with Gasteiger partial charge in [0.05, 0.1) is 6.61 Å². The number of nitrogens with one attached hydrogen (secondary N) is 1. The molecule has 0 amide bonds. The van der Waals surface area contributed by atoms with E-state index in [2.05, 4.69) is 10.3 Å².